The first kappa shape index (κ1) is 19.7. The average molecular weight is 392 g/mol. The van der Waals surface area contributed by atoms with Crippen molar-refractivity contribution in [2.24, 2.45) is 0 Å². The molecule has 28 heavy (non-hydrogen) atoms. The first-order valence-corrected chi connectivity index (χ1v) is 9.79. The van der Waals surface area contributed by atoms with Crippen molar-refractivity contribution in [3.63, 3.8) is 0 Å². The Morgan fingerprint density at radius 3 is 2.18 bits per heavy atom. The Hall–Kier alpha value is -3.05. The smallest absolute Gasteiger partial charge is 0.308 e. The summed E-state index contributed by atoms with van der Waals surface area (Å²) in [5.74, 6) is 0.933. The molecule has 3 aromatic carbocycles. The maximum atomic E-state index is 11.6. The number of benzene rings is 3. The standard InChI is InChI=1S/C23H20O4S/c1-17(25)27-22-13-23(28-16-19-10-6-3-7-11-19)20(14-24)12-21(22)26-15-18-8-4-2-5-9-18/h2-14H,15-16H2,1H3. The van der Waals surface area contributed by atoms with Crippen molar-refractivity contribution in [3.8, 4) is 11.5 Å². The van der Waals surface area contributed by atoms with Crippen LogP contribution in [-0.4, -0.2) is 12.3 Å². The number of aldehydes is 1. The molecule has 0 aliphatic carbocycles. The Labute approximate surface area is 168 Å². The van der Waals surface area contributed by atoms with Gasteiger partial charge in [0, 0.05) is 23.1 Å². The number of hydrogen-bond acceptors (Lipinski definition) is 5. The van der Waals surface area contributed by atoms with Crippen molar-refractivity contribution in [2.75, 3.05) is 0 Å². The third-order valence-corrected chi connectivity index (χ3v) is 5.07. The lowest BCUT2D eigenvalue weighted by Crippen LogP contribution is -2.05. The second-order valence-electron chi connectivity index (χ2n) is 6.10. The number of carbonyl (C=O) groups is 2. The van der Waals surface area contributed by atoms with E-state index in [1.165, 1.54) is 18.7 Å². The summed E-state index contributed by atoms with van der Waals surface area (Å²) in [7, 11) is 0. The fourth-order valence-electron chi connectivity index (χ4n) is 2.59. The van der Waals surface area contributed by atoms with Gasteiger partial charge in [-0.1, -0.05) is 60.7 Å². The average Bonchev–Trinajstić information content (AvgIpc) is 2.72. The van der Waals surface area contributed by atoms with Gasteiger partial charge in [-0.2, -0.15) is 0 Å². The largest absolute Gasteiger partial charge is 0.485 e. The molecule has 0 saturated heterocycles. The molecule has 0 spiro atoms. The molecule has 142 valence electrons. The van der Waals surface area contributed by atoms with Gasteiger partial charge in [0.15, 0.2) is 17.8 Å². The van der Waals surface area contributed by atoms with Gasteiger partial charge in [0.1, 0.15) is 6.61 Å². The Morgan fingerprint density at radius 2 is 1.57 bits per heavy atom. The first-order chi connectivity index (χ1) is 13.7. The molecule has 0 heterocycles. The minimum Gasteiger partial charge on any atom is -0.485 e. The summed E-state index contributed by atoms with van der Waals surface area (Å²) in [6.07, 6.45) is 0.792. The maximum Gasteiger partial charge on any atom is 0.308 e. The van der Waals surface area contributed by atoms with Gasteiger partial charge < -0.3 is 9.47 Å². The molecule has 0 aliphatic heterocycles. The number of hydrogen-bond donors (Lipinski definition) is 0. The van der Waals surface area contributed by atoms with E-state index in [9.17, 15) is 9.59 Å². The summed E-state index contributed by atoms with van der Waals surface area (Å²) in [5.41, 5.74) is 2.62. The van der Waals surface area contributed by atoms with Crippen molar-refractivity contribution in [1.82, 2.24) is 0 Å². The second-order valence-corrected chi connectivity index (χ2v) is 7.11. The molecule has 0 unspecified atom stereocenters. The van der Waals surface area contributed by atoms with Crippen LogP contribution in [0.5, 0.6) is 11.5 Å². The van der Waals surface area contributed by atoms with Crippen LogP contribution in [0, 0.1) is 0 Å². The van der Waals surface area contributed by atoms with E-state index in [4.69, 9.17) is 9.47 Å². The van der Waals surface area contributed by atoms with Crippen LogP contribution < -0.4 is 9.47 Å². The number of ether oxygens (including phenoxy) is 2. The van der Waals surface area contributed by atoms with Gasteiger partial charge in [0.25, 0.3) is 0 Å². The molecule has 0 aromatic heterocycles. The normalized spacial score (nSPS) is 10.3. The SMILES string of the molecule is CC(=O)Oc1cc(SCc2ccccc2)c(C=O)cc1OCc1ccccc1. The van der Waals surface area contributed by atoms with Gasteiger partial charge in [-0.3, -0.25) is 9.59 Å². The van der Waals surface area contributed by atoms with E-state index in [1.54, 1.807) is 12.1 Å². The minimum absolute atomic E-state index is 0.309. The summed E-state index contributed by atoms with van der Waals surface area (Å²) in [5, 5.41) is 0. The highest BCUT2D eigenvalue weighted by Gasteiger charge is 2.15. The predicted octanol–water partition coefficient (Wildman–Crippen LogP) is 5.30. The molecule has 0 fully saturated rings. The molecule has 0 N–H and O–H groups in total. The summed E-state index contributed by atoms with van der Waals surface area (Å²) in [4.78, 5) is 23.9. The Balaban J connectivity index is 1.84. The highest BCUT2D eigenvalue weighted by molar-refractivity contribution is 7.98. The zero-order valence-electron chi connectivity index (χ0n) is 15.5. The minimum atomic E-state index is -0.442. The second kappa shape index (κ2) is 9.76. The van der Waals surface area contributed by atoms with Gasteiger partial charge in [0.2, 0.25) is 0 Å². The Kier molecular flexibility index (Phi) is 6.87. The molecule has 0 atom stereocenters. The fraction of sp³-hybridized carbons (Fsp3) is 0.130. The highest BCUT2D eigenvalue weighted by atomic mass is 32.2. The Morgan fingerprint density at radius 1 is 0.929 bits per heavy atom. The fourth-order valence-corrected chi connectivity index (χ4v) is 3.57. The van der Waals surface area contributed by atoms with E-state index < -0.39 is 5.97 Å². The van der Waals surface area contributed by atoms with Gasteiger partial charge in [-0.15, -0.1) is 11.8 Å². The van der Waals surface area contributed by atoms with Crippen LogP contribution in [-0.2, 0) is 17.2 Å². The molecule has 0 radical (unpaired) electrons. The third kappa shape index (κ3) is 5.47. The van der Waals surface area contributed by atoms with E-state index in [0.717, 1.165) is 22.3 Å². The van der Waals surface area contributed by atoms with Crippen LogP contribution in [0.25, 0.3) is 0 Å². The van der Waals surface area contributed by atoms with Crippen LogP contribution in [0.2, 0.25) is 0 Å². The summed E-state index contributed by atoms with van der Waals surface area (Å²) >= 11 is 1.51. The quantitative estimate of drug-likeness (QED) is 0.225. The van der Waals surface area contributed by atoms with Crippen LogP contribution in [0.3, 0.4) is 0 Å². The molecule has 5 heteroatoms. The van der Waals surface area contributed by atoms with Gasteiger partial charge in [-0.05, 0) is 23.3 Å². The number of esters is 1. The van der Waals surface area contributed by atoms with E-state index in [1.807, 2.05) is 60.7 Å². The van der Waals surface area contributed by atoms with Gasteiger partial charge in [-0.25, -0.2) is 0 Å². The number of carbonyl (C=O) groups excluding carboxylic acids is 2. The first-order valence-electron chi connectivity index (χ1n) is 8.81. The van der Waals surface area contributed by atoms with Crippen LogP contribution >= 0.6 is 11.8 Å². The van der Waals surface area contributed by atoms with Gasteiger partial charge >= 0.3 is 5.97 Å². The topological polar surface area (TPSA) is 52.6 Å². The van der Waals surface area contributed by atoms with Crippen LogP contribution in [0.15, 0.2) is 77.7 Å². The molecular formula is C23H20O4S. The van der Waals surface area contributed by atoms with E-state index in [-0.39, 0.29) is 0 Å². The maximum absolute atomic E-state index is 11.6. The number of thioether (sulfide) groups is 1. The zero-order chi connectivity index (χ0) is 19.8. The number of rotatable bonds is 8. The molecule has 3 rings (SSSR count). The zero-order valence-corrected chi connectivity index (χ0v) is 16.3. The summed E-state index contributed by atoms with van der Waals surface area (Å²) < 4.78 is 11.2. The third-order valence-electron chi connectivity index (χ3n) is 3.93. The monoisotopic (exact) mass is 392 g/mol. The van der Waals surface area contributed by atoms with Crippen molar-refractivity contribution >= 4 is 24.0 Å². The summed E-state index contributed by atoms with van der Waals surface area (Å²) in [6.45, 7) is 1.65. The van der Waals surface area contributed by atoms with E-state index in [0.29, 0.717) is 29.4 Å². The molecule has 0 amide bonds. The lowest BCUT2D eigenvalue weighted by Gasteiger charge is -2.14. The molecule has 0 saturated carbocycles. The highest BCUT2D eigenvalue weighted by Crippen LogP contribution is 2.37. The molecule has 3 aromatic rings. The molecule has 0 bridgehead atoms. The van der Waals surface area contributed by atoms with Crippen LogP contribution in [0.1, 0.15) is 28.4 Å². The molecule has 4 nitrogen and oxygen atoms in total. The molecular weight excluding hydrogens is 372 g/mol. The van der Waals surface area contributed by atoms with Crippen LogP contribution in [0.4, 0.5) is 0 Å². The molecule has 0 aliphatic rings. The van der Waals surface area contributed by atoms with Crippen molar-refractivity contribution in [1.29, 1.82) is 0 Å². The summed E-state index contributed by atoms with van der Waals surface area (Å²) in [6, 6.07) is 22.9. The lowest BCUT2D eigenvalue weighted by atomic mass is 10.2. The Bertz CT molecular complexity index is 940. The van der Waals surface area contributed by atoms with Gasteiger partial charge in [0.05, 0.1) is 0 Å². The van der Waals surface area contributed by atoms with Crippen molar-refractivity contribution in [3.05, 3.63) is 89.5 Å². The van der Waals surface area contributed by atoms with Crippen molar-refractivity contribution in [2.45, 2.75) is 24.2 Å². The lowest BCUT2D eigenvalue weighted by molar-refractivity contribution is -0.132. The predicted molar refractivity (Wildman–Crippen MR) is 110 cm³/mol. The van der Waals surface area contributed by atoms with E-state index >= 15 is 0 Å². The van der Waals surface area contributed by atoms with Crippen molar-refractivity contribution < 1.29 is 19.1 Å². The van der Waals surface area contributed by atoms with E-state index in [2.05, 4.69) is 0 Å².